The Morgan fingerprint density at radius 3 is 2.95 bits per heavy atom. The van der Waals surface area contributed by atoms with Crippen molar-refractivity contribution >= 4 is 51.2 Å². The summed E-state index contributed by atoms with van der Waals surface area (Å²) in [5.41, 5.74) is 0.944. The Bertz CT molecular complexity index is 750. The highest BCUT2D eigenvalue weighted by molar-refractivity contribution is 14.1. The van der Waals surface area contributed by atoms with Crippen LogP contribution in [0, 0.1) is 3.57 Å². The van der Waals surface area contributed by atoms with Gasteiger partial charge in [0.2, 0.25) is 0 Å². The minimum absolute atomic E-state index is 0.315. The minimum Gasteiger partial charge on any atom is -0.274 e. The van der Waals surface area contributed by atoms with Crippen LogP contribution in [0.15, 0.2) is 30.4 Å². The molecule has 1 N–H and O–H groups in total. The van der Waals surface area contributed by atoms with E-state index in [2.05, 4.69) is 33.0 Å². The molecule has 2 aromatic rings. The third kappa shape index (κ3) is 2.17. The number of imide groups is 1. The smallest absolute Gasteiger partial charge is 0.274 e. The Kier molecular flexibility index (Phi) is 3.20. The van der Waals surface area contributed by atoms with Gasteiger partial charge in [0.05, 0.1) is 5.52 Å². The SMILES string of the molecule is Cn1nc(N2CC=CC(=O)NC2=O)c2ccc(I)cc21. The molecule has 0 saturated heterocycles. The zero-order chi connectivity index (χ0) is 14.3. The number of nitrogens with zero attached hydrogens (tertiary/aromatic N) is 3. The highest BCUT2D eigenvalue weighted by atomic mass is 127. The van der Waals surface area contributed by atoms with E-state index in [-0.39, 0.29) is 0 Å². The number of fused-ring (bicyclic) bond motifs is 1. The number of halogens is 1. The third-order valence-corrected chi connectivity index (χ3v) is 3.75. The van der Waals surface area contributed by atoms with Gasteiger partial charge >= 0.3 is 6.03 Å². The van der Waals surface area contributed by atoms with Crippen molar-refractivity contribution in [1.29, 1.82) is 0 Å². The van der Waals surface area contributed by atoms with Crippen LogP contribution in [-0.4, -0.2) is 28.3 Å². The van der Waals surface area contributed by atoms with Crippen LogP contribution in [0.1, 0.15) is 0 Å². The second kappa shape index (κ2) is 4.89. The first-order valence-electron chi connectivity index (χ1n) is 5.97. The van der Waals surface area contributed by atoms with E-state index in [0.29, 0.717) is 12.4 Å². The zero-order valence-electron chi connectivity index (χ0n) is 10.6. The normalized spacial score (nSPS) is 15.6. The molecule has 6 nitrogen and oxygen atoms in total. The van der Waals surface area contributed by atoms with Crippen LogP contribution in [0.2, 0.25) is 0 Å². The van der Waals surface area contributed by atoms with Gasteiger partial charge in [-0.2, -0.15) is 5.10 Å². The lowest BCUT2D eigenvalue weighted by molar-refractivity contribution is -0.115. The van der Waals surface area contributed by atoms with Gasteiger partial charge in [0.15, 0.2) is 5.82 Å². The molecule has 0 aliphatic carbocycles. The Hall–Kier alpha value is -1.90. The molecule has 3 rings (SSSR count). The molecule has 0 fully saturated rings. The largest absolute Gasteiger partial charge is 0.330 e. The van der Waals surface area contributed by atoms with Crippen LogP contribution in [0.25, 0.3) is 10.9 Å². The van der Waals surface area contributed by atoms with Crippen LogP contribution in [0.3, 0.4) is 0 Å². The lowest BCUT2D eigenvalue weighted by Crippen LogP contribution is -2.41. The maximum Gasteiger partial charge on any atom is 0.330 e. The number of hydrogen-bond donors (Lipinski definition) is 1. The van der Waals surface area contributed by atoms with E-state index in [0.717, 1.165) is 14.5 Å². The summed E-state index contributed by atoms with van der Waals surface area (Å²) in [6, 6.07) is 5.44. The molecular formula is C13H11IN4O2. The van der Waals surface area contributed by atoms with Gasteiger partial charge in [-0.05, 0) is 40.8 Å². The molecule has 2 heterocycles. The number of hydrogen-bond acceptors (Lipinski definition) is 3. The Morgan fingerprint density at radius 2 is 2.15 bits per heavy atom. The summed E-state index contributed by atoms with van der Waals surface area (Å²) in [5.74, 6) is 0.142. The van der Waals surface area contributed by atoms with Crippen LogP contribution < -0.4 is 10.2 Å². The lowest BCUT2D eigenvalue weighted by Gasteiger charge is -2.16. The van der Waals surface area contributed by atoms with E-state index in [9.17, 15) is 9.59 Å². The van der Waals surface area contributed by atoms with Gasteiger partial charge in [-0.3, -0.25) is 19.7 Å². The number of carbonyl (C=O) groups is 2. The standard InChI is InChI=1S/C13H11IN4O2/c1-17-10-7-8(14)4-5-9(10)12(16-17)18-6-2-3-11(19)15-13(18)20/h2-5,7H,6H2,1H3,(H,15,19,20). The number of benzene rings is 1. The molecule has 1 aliphatic heterocycles. The molecule has 1 aromatic carbocycles. The van der Waals surface area contributed by atoms with Crippen molar-refractivity contribution < 1.29 is 9.59 Å². The van der Waals surface area contributed by atoms with E-state index in [4.69, 9.17) is 0 Å². The van der Waals surface area contributed by atoms with Crippen molar-refractivity contribution in [2.24, 2.45) is 7.05 Å². The number of urea groups is 1. The van der Waals surface area contributed by atoms with Gasteiger partial charge in [-0.15, -0.1) is 0 Å². The van der Waals surface area contributed by atoms with Gasteiger partial charge in [0, 0.05) is 28.6 Å². The highest BCUT2D eigenvalue weighted by Gasteiger charge is 2.23. The van der Waals surface area contributed by atoms with Crippen LogP contribution >= 0.6 is 22.6 Å². The van der Waals surface area contributed by atoms with E-state index in [1.165, 1.54) is 11.0 Å². The zero-order valence-corrected chi connectivity index (χ0v) is 12.8. The van der Waals surface area contributed by atoms with Crippen LogP contribution in [0.5, 0.6) is 0 Å². The number of aromatic nitrogens is 2. The first-order valence-corrected chi connectivity index (χ1v) is 7.05. The topological polar surface area (TPSA) is 67.2 Å². The molecule has 0 saturated carbocycles. The number of aryl methyl sites for hydroxylation is 1. The Balaban J connectivity index is 2.12. The summed E-state index contributed by atoms with van der Waals surface area (Å²) in [6.07, 6.45) is 3.00. The first kappa shape index (κ1) is 13.1. The number of amides is 3. The van der Waals surface area contributed by atoms with E-state index in [1.54, 1.807) is 10.8 Å². The molecule has 0 unspecified atom stereocenters. The molecule has 3 amide bonds. The molecule has 0 spiro atoms. The number of nitrogens with one attached hydrogen (secondary N) is 1. The Labute approximate surface area is 128 Å². The molecule has 0 bridgehead atoms. The van der Waals surface area contributed by atoms with Crippen LogP contribution in [0.4, 0.5) is 10.6 Å². The predicted molar refractivity (Wildman–Crippen MR) is 83.5 cm³/mol. The van der Waals surface area contributed by atoms with E-state index >= 15 is 0 Å². The van der Waals surface area contributed by atoms with Crippen molar-refractivity contribution in [1.82, 2.24) is 15.1 Å². The monoisotopic (exact) mass is 382 g/mol. The maximum atomic E-state index is 12.0. The Morgan fingerprint density at radius 1 is 1.35 bits per heavy atom. The number of anilines is 1. The number of rotatable bonds is 1. The quantitative estimate of drug-likeness (QED) is 0.765. The molecule has 1 aliphatic rings. The van der Waals surface area contributed by atoms with Crippen molar-refractivity contribution in [2.75, 3.05) is 11.4 Å². The molecule has 7 heteroatoms. The summed E-state index contributed by atoms with van der Waals surface area (Å²) in [4.78, 5) is 24.8. The average Bonchev–Trinajstić information content (AvgIpc) is 2.60. The predicted octanol–water partition coefficient (Wildman–Crippen LogP) is 1.79. The molecule has 0 radical (unpaired) electrons. The molecule has 102 valence electrons. The van der Waals surface area contributed by atoms with Gasteiger partial charge < -0.3 is 0 Å². The fraction of sp³-hybridized carbons (Fsp3) is 0.154. The van der Waals surface area contributed by atoms with Crippen LogP contribution in [-0.2, 0) is 11.8 Å². The third-order valence-electron chi connectivity index (χ3n) is 3.08. The molecule has 1 aromatic heterocycles. The van der Waals surface area contributed by atoms with Crippen molar-refractivity contribution in [2.45, 2.75) is 0 Å². The summed E-state index contributed by atoms with van der Waals surface area (Å²) < 4.78 is 2.83. The average molecular weight is 382 g/mol. The highest BCUT2D eigenvalue weighted by Crippen LogP contribution is 2.27. The number of carbonyl (C=O) groups excluding carboxylic acids is 2. The van der Waals surface area contributed by atoms with Gasteiger partial charge in [0.25, 0.3) is 5.91 Å². The van der Waals surface area contributed by atoms with Crippen molar-refractivity contribution in [3.8, 4) is 0 Å². The van der Waals surface area contributed by atoms with E-state index in [1.807, 2.05) is 25.2 Å². The maximum absolute atomic E-state index is 12.0. The fourth-order valence-electron chi connectivity index (χ4n) is 2.16. The molecular weight excluding hydrogens is 371 g/mol. The van der Waals surface area contributed by atoms with Gasteiger partial charge in [-0.25, -0.2) is 4.79 Å². The summed E-state index contributed by atoms with van der Waals surface area (Å²) in [5, 5.41) is 7.57. The van der Waals surface area contributed by atoms with Crippen molar-refractivity contribution in [3.05, 3.63) is 33.9 Å². The second-order valence-electron chi connectivity index (χ2n) is 4.42. The van der Waals surface area contributed by atoms with Gasteiger partial charge in [0.1, 0.15) is 0 Å². The fourth-order valence-corrected chi connectivity index (χ4v) is 2.63. The van der Waals surface area contributed by atoms with E-state index < -0.39 is 11.9 Å². The lowest BCUT2D eigenvalue weighted by atomic mass is 10.2. The molecule has 0 atom stereocenters. The second-order valence-corrected chi connectivity index (χ2v) is 5.66. The minimum atomic E-state index is -0.460. The summed E-state index contributed by atoms with van der Waals surface area (Å²) in [7, 11) is 1.83. The first-order chi connectivity index (χ1) is 9.56. The molecule has 20 heavy (non-hydrogen) atoms. The van der Waals surface area contributed by atoms with Gasteiger partial charge in [-0.1, -0.05) is 6.08 Å². The van der Waals surface area contributed by atoms with Crippen molar-refractivity contribution in [3.63, 3.8) is 0 Å². The summed E-state index contributed by atoms with van der Waals surface area (Å²) >= 11 is 2.23. The summed E-state index contributed by atoms with van der Waals surface area (Å²) in [6.45, 7) is 0.315.